The Morgan fingerprint density at radius 3 is 2.17 bits per heavy atom. The van der Waals surface area contributed by atoms with Crippen molar-refractivity contribution in [2.75, 3.05) is 0 Å². The molecular weight excluding hydrogens is 374 g/mol. The Morgan fingerprint density at radius 1 is 1.17 bits per heavy atom. The molecule has 0 bridgehead atoms. The minimum atomic E-state index is 0.688. The number of rotatable bonds is 3. The summed E-state index contributed by atoms with van der Waals surface area (Å²) in [5.41, 5.74) is 1.47. The Hall–Kier alpha value is 0.680. The zero-order valence-corrected chi connectivity index (χ0v) is 11.3. The Balaban J connectivity index is 2.80. The Labute approximate surface area is 101 Å². The molecule has 0 aliphatic rings. The first-order valence-electron chi connectivity index (χ1n) is 4.08. The number of benzene rings is 1. The van der Waals surface area contributed by atoms with Crippen molar-refractivity contribution in [1.29, 1.82) is 0 Å². The molecule has 66 valence electrons. The fraction of sp³-hybridized carbons (Fsp3) is 0.400. The molecule has 0 aliphatic carbocycles. The first-order chi connectivity index (χ1) is 5.75. The lowest BCUT2D eigenvalue weighted by Crippen LogP contribution is -2.04. The highest BCUT2D eigenvalue weighted by Gasteiger charge is 2.14. The van der Waals surface area contributed by atoms with Gasteiger partial charge in [-0.1, -0.05) is 82.4 Å². The summed E-state index contributed by atoms with van der Waals surface area (Å²) in [7, 11) is 0. The van der Waals surface area contributed by atoms with Gasteiger partial charge in [-0.15, -0.1) is 0 Å². The second-order valence-corrected chi connectivity index (χ2v) is 7.83. The largest absolute Gasteiger partial charge is 0.0703 e. The normalized spacial score (nSPS) is 13.3. The second kappa shape index (κ2) is 5.42. The van der Waals surface area contributed by atoms with Crippen LogP contribution in [0.4, 0.5) is 0 Å². The molecule has 2 heteroatoms. The van der Waals surface area contributed by atoms with Gasteiger partial charge in [-0.3, -0.25) is 0 Å². The number of halogens is 2. The van der Waals surface area contributed by atoms with Crippen molar-refractivity contribution >= 4 is 45.2 Å². The van der Waals surface area contributed by atoms with Crippen LogP contribution in [-0.2, 0) is 0 Å². The Bertz CT molecular complexity index is 219. The van der Waals surface area contributed by atoms with E-state index in [0.717, 1.165) is 0 Å². The van der Waals surface area contributed by atoms with Crippen LogP contribution in [0.1, 0.15) is 24.8 Å². The van der Waals surface area contributed by atoms with Gasteiger partial charge in [-0.05, 0) is 12.0 Å². The van der Waals surface area contributed by atoms with Gasteiger partial charge in [0.05, 0.1) is 1.93 Å². The summed E-state index contributed by atoms with van der Waals surface area (Å²) in [5.74, 6) is 0.701. The maximum absolute atomic E-state index is 2.49. The molecule has 1 aromatic carbocycles. The standard InChI is InChI=1S/C10H12I2/c1-2-9(10(11)12)8-6-4-3-5-7-8/h3-7,9-10H,2H2,1H3/t9-/m1/s1. The minimum absolute atomic E-state index is 0.688. The van der Waals surface area contributed by atoms with Crippen molar-refractivity contribution in [3.8, 4) is 0 Å². The minimum Gasteiger partial charge on any atom is -0.0703 e. The number of alkyl halides is 2. The third-order valence-electron chi connectivity index (χ3n) is 1.97. The predicted octanol–water partition coefficient (Wildman–Crippen LogP) is 4.38. The summed E-state index contributed by atoms with van der Waals surface area (Å²) in [5, 5.41) is 0. The molecule has 12 heavy (non-hydrogen) atoms. The van der Waals surface area contributed by atoms with E-state index in [9.17, 15) is 0 Å². The van der Waals surface area contributed by atoms with Gasteiger partial charge in [-0.25, -0.2) is 0 Å². The molecule has 0 amide bonds. The third-order valence-corrected chi connectivity index (χ3v) is 3.71. The van der Waals surface area contributed by atoms with Crippen LogP contribution in [0.15, 0.2) is 30.3 Å². The Morgan fingerprint density at radius 2 is 1.75 bits per heavy atom. The van der Waals surface area contributed by atoms with Gasteiger partial charge in [0.2, 0.25) is 0 Å². The van der Waals surface area contributed by atoms with E-state index in [2.05, 4.69) is 82.4 Å². The summed E-state index contributed by atoms with van der Waals surface area (Å²) < 4.78 is 0.688. The number of hydrogen-bond acceptors (Lipinski definition) is 0. The summed E-state index contributed by atoms with van der Waals surface area (Å²) in [6, 6.07) is 10.8. The van der Waals surface area contributed by atoms with Crippen molar-refractivity contribution < 1.29 is 0 Å². The van der Waals surface area contributed by atoms with Crippen LogP contribution in [0.2, 0.25) is 0 Å². The van der Waals surface area contributed by atoms with Gasteiger partial charge < -0.3 is 0 Å². The maximum Gasteiger partial charge on any atom is 0.0694 e. The van der Waals surface area contributed by atoms with E-state index in [1.807, 2.05) is 0 Å². The van der Waals surface area contributed by atoms with Crippen LogP contribution in [0, 0.1) is 0 Å². The lowest BCUT2D eigenvalue weighted by atomic mass is 9.99. The monoisotopic (exact) mass is 386 g/mol. The van der Waals surface area contributed by atoms with E-state index in [4.69, 9.17) is 0 Å². The third kappa shape index (κ3) is 2.87. The van der Waals surface area contributed by atoms with Gasteiger partial charge in [-0.2, -0.15) is 0 Å². The lowest BCUT2D eigenvalue weighted by molar-refractivity contribution is 0.743. The smallest absolute Gasteiger partial charge is 0.0694 e. The molecule has 0 fully saturated rings. The molecule has 1 aromatic rings. The van der Waals surface area contributed by atoms with Gasteiger partial charge in [0, 0.05) is 5.92 Å². The van der Waals surface area contributed by atoms with Gasteiger partial charge in [0.15, 0.2) is 0 Å². The molecule has 0 saturated carbocycles. The molecule has 1 atom stereocenters. The highest BCUT2D eigenvalue weighted by Crippen LogP contribution is 2.32. The molecule has 0 saturated heterocycles. The Kier molecular flexibility index (Phi) is 4.86. The van der Waals surface area contributed by atoms with E-state index in [1.54, 1.807) is 0 Å². The second-order valence-electron chi connectivity index (χ2n) is 2.76. The predicted molar refractivity (Wildman–Crippen MR) is 71.3 cm³/mol. The summed E-state index contributed by atoms with van der Waals surface area (Å²) in [6.07, 6.45) is 1.22. The van der Waals surface area contributed by atoms with E-state index >= 15 is 0 Å². The fourth-order valence-electron chi connectivity index (χ4n) is 1.26. The zero-order chi connectivity index (χ0) is 8.97. The molecule has 1 rings (SSSR count). The van der Waals surface area contributed by atoms with Crippen LogP contribution < -0.4 is 0 Å². The first-order valence-corrected chi connectivity index (χ1v) is 6.58. The van der Waals surface area contributed by atoms with E-state index in [0.29, 0.717) is 7.85 Å². The van der Waals surface area contributed by atoms with E-state index < -0.39 is 0 Å². The van der Waals surface area contributed by atoms with Gasteiger partial charge in [0.1, 0.15) is 0 Å². The molecule has 0 N–H and O–H groups in total. The van der Waals surface area contributed by atoms with Gasteiger partial charge >= 0.3 is 0 Å². The number of hydrogen-bond donors (Lipinski definition) is 0. The van der Waals surface area contributed by atoms with Crippen molar-refractivity contribution in [3.63, 3.8) is 0 Å². The molecule has 0 unspecified atom stereocenters. The van der Waals surface area contributed by atoms with Crippen molar-refractivity contribution in [3.05, 3.63) is 35.9 Å². The van der Waals surface area contributed by atoms with E-state index in [-0.39, 0.29) is 0 Å². The SMILES string of the molecule is CC[C@H](c1ccccc1)C(I)I. The molecule has 0 radical (unpaired) electrons. The maximum atomic E-state index is 2.49. The highest BCUT2D eigenvalue weighted by molar-refractivity contribution is 14.2. The molecule has 0 nitrogen and oxygen atoms in total. The van der Waals surface area contributed by atoms with Crippen LogP contribution in [0.5, 0.6) is 0 Å². The summed E-state index contributed by atoms with van der Waals surface area (Å²) >= 11 is 4.99. The topological polar surface area (TPSA) is 0 Å². The summed E-state index contributed by atoms with van der Waals surface area (Å²) in [4.78, 5) is 0. The molecule has 0 spiro atoms. The molecule has 0 heterocycles. The van der Waals surface area contributed by atoms with Gasteiger partial charge in [0.25, 0.3) is 0 Å². The molecule has 0 aromatic heterocycles. The van der Waals surface area contributed by atoms with Crippen molar-refractivity contribution in [1.82, 2.24) is 0 Å². The summed E-state index contributed by atoms with van der Waals surface area (Å²) in [6.45, 7) is 2.25. The fourth-order valence-corrected chi connectivity index (χ4v) is 3.11. The molecule has 0 aliphatic heterocycles. The lowest BCUT2D eigenvalue weighted by Gasteiger charge is -2.16. The average Bonchev–Trinajstić information content (AvgIpc) is 2.07. The van der Waals surface area contributed by atoms with Crippen LogP contribution in [-0.4, -0.2) is 1.93 Å². The van der Waals surface area contributed by atoms with E-state index in [1.165, 1.54) is 12.0 Å². The zero-order valence-electron chi connectivity index (χ0n) is 7.00. The first kappa shape index (κ1) is 10.8. The van der Waals surface area contributed by atoms with Crippen LogP contribution in [0.3, 0.4) is 0 Å². The molecular formula is C10H12I2. The van der Waals surface area contributed by atoms with Crippen molar-refractivity contribution in [2.45, 2.75) is 21.2 Å². The van der Waals surface area contributed by atoms with Crippen LogP contribution in [0.25, 0.3) is 0 Å². The van der Waals surface area contributed by atoms with Crippen LogP contribution >= 0.6 is 45.2 Å². The van der Waals surface area contributed by atoms with Crippen molar-refractivity contribution in [2.24, 2.45) is 0 Å². The quantitative estimate of drug-likeness (QED) is 0.535. The average molecular weight is 386 g/mol. The highest BCUT2D eigenvalue weighted by atomic mass is 127.